The molecule has 17 heavy (non-hydrogen) atoms. The van der Waals surface area contributed by atoms with Crippen LogP contribution in [0.5, 0.6) is 0 Å². The second-order valence-electron chi connectivity index (χ2n) is 5.20. The summed E-state index contributed by atoms with van der Waals surface area (Å²) in [5.74, 6) is -1.32. The molecule has 0 radical (unpaired) electrons. The first kappa shape index (κ1) is 15.9. The van der Waals surface area contributed by atoms with Crippen molar-refractivity contribution in [3.63, 3.8) is 0 Å². The van der Waals surface area contributed by atoms with Gasteiger partial charge in [-0.2, -0.15) is 0 Å². The zero-order valence-corrected chi connectivity index (χ0v) is 11.4. The van der Waals surface area contributed by atoms with Crippen LogP contribution in [0.15, 0.2) is 0 Å². The molecule has 0 aromatic carbocycles. The Kier molecular flexibility index (Phi) is 6.16. The van der Waals surface area contributed by atoms with E-state index in [9.17, 15) is 9.59 Å². The third-order valence-electron chi connectivity index (χ3n) is 2.49. The van der Waals surface area contributed by atoms with Crippen LogP contribution in [-0.4, -0.2) is 47.1 Å². The van der Waals surface area contributed by atoms with Gasteiger partial charge in [0, 0.05) is 18.0 Å². The number of carbonyl (C=O) groups is 2. The number of nitrogens with zero attached hydrogens (tertiary/aromatic N) is 1. The Balaban J connectivity index is 4.69. The van der Waals surface area contributed by atoms with Crippen molar-refractivity contribution < 1.29 is 14.7 Å². The van der Waals surface area contributed by atoms with Gasteiger partial charge in [0.05, 0.1) is 0 Å². The average Bonchev–Trinajstić information content (AvgIpc) is 2.19. The lowest BCUT2D eigenvalue weighted by Crippen LogP contribution is -2.51. The molecule has 0 saturated heterocycles. The lowest BCUT2D eigenvalue weighted by Gasteiger charge is -2.36. The summed E-state index contributed by atoms with van der Waals surface area (Å²) in [5, 5.41) is 11.9. The molecule has 1 unspecified atom stereocenters. The van der Waals surface area contributed by atoms with Crippen LogP contribution in [-0.2, 0) is 9.59 Å². The van der Waals surface area contributed by atoms with E-state index in [0.29, 0.717) is 6.54 Å². The number of aliphatic carboxylic acids is 1. The highest BCUT2D eigenvalue weighted by Gasteiger charge is 2.30. The number of rotatable bonds is 6. The molecule has 0 aromatic rings. The van der Waals surface area contributed by atoms with Crippen LogP contribution < -0.4 is 5.32 Å². The van der Waals surface area contributed by atoms with Crippen molar-refractivity contribution in [3.8, 4) is 0 Å². The molecule has 0 saturated carbocycles. The summed E-state index contributed by atoms with van der Waals surface area (Å²) in [7, 11) is 0. The quantitative estimate of drug-likeness (QED) is 0.729. The van der Waals surface area contributed by atoms with Crippen LogP contribution in [0.25, 0.3) is 0 Å². The van der Waals surface area contributed by atoms with E-state index in [1.807, 2.05) is 34.6 Å². The van der Waals surface area contributed by atoms with Crippen molar-refractivity contribution in [3.05, 3.63) is 0 Å². The van der Waals surface area contributed by atoms with E-state index in [1.54, 1.807) is 0 Å². The van der Waals surface area contributed by atoms with Gasteiger partial charge >= 0.3 is 5.97 Å². The summed E-state index contributed by atoms with van der Waals surface area (Å²) < 4.78 is 0. The largest absolute Gasteiger partial charge is 0.480 e. The van der Waals surface area contributed by atoms with Crippen LogP contribution in [0, 0.1) is 5.92 Å². The predicted octanol–water partition coefficient (Wildman–Crippen LogP) is 0.944. The first-order valence-electron chi connectivity index (χ1n) is 5.94. The van der Waals surface area contributed by atoms with Gasteiger partial charge in [-0.25, -0.2) is 0 Å². The Hall–Kier alpha value is -1.10. The zero-order chi connectivity index (χ0) is 13.6. The van der Waals surface area contributed by atoms with Crippen LogP contribution >= 0.6 is 0 Å². The van der Waals surface area contributed by atoms with Gasteiger partial charge in [0.25, 0.3) is 0 Å². The van der Waals surface area contributed by atoms with Crippen molar-refractivity contribution in [1.29, 1.82) is 0 Å². The minimum Gasteiger partial charge on any atom is -0.480 e. The van der Waals surface area contributed by atoms with E-state index in [-0.39, 0.29) is 18.4 Å². The summed E-state index contributed by atoms with van der Waals surface area (Å²) >= 11 is 0. The predicted molar refractivity (Wildman–Crippen MR) is 66.8 cm³/mol. The van der Waals surface area contributed by atoms with Gasteiger partial charge < -0.3 is 15.3 Å². The average molecular weight is 244 g/mol. The number of carboxylic acid groups (broad SMARTS) is 1. The highest BCUT2D eigenvalue weighted by molar-refractivity contribution is 5.83. The molecule has 0 aliphatic heterocycles. The molecule has 0 aliphatic rings. The summed E-state index contributed by atoms with van der Waals surface area (Å²) in [5.41, 5.74) is -0.476. The van der Waals surface area contributed by atoms with E-state index in [0.717, 1.165) is 6.54 Å². The molecule has 0 bridgehead atoms. The molecular formula is C12H24N2O3. The van der Waals surface area contributed by atoms with Crippen molar-refractivity contribution in [2.24, 2.45) is 5.92 Å². The number of amides is 1. The first-order chi connectivity index (χ1) is 7.70. The zero-order valence-electron chi connectivity index (χ0n) is 11.4. The molecule has 5 nitrogen and oxygen atoms in total. The summed E-state index contributed by atoms with van der Waals surface area (Å²) in [4.78, 5) is 24.4. The van der Waals surface area contributed by atoms with E-state index < -0.39 is 11.5 Å². The topological polar surface area (TPSA) is 69.6 Å². The fraction of sp³-hybridized carbons (Fsp3) is 0.833. The third kappa shape index (κ3) is 5.68. The third-order valence-corrected chi connectivity index (χ3v) is 2.49. The maximum Gasteiger partial charge on any atom is 0.323 e. The number of hydrogen-bond acceptors (Lipinski definition) is 3. The highest BCUT2D eigenvalue weighted by atomic mass is 16.4. The van der Waals surface area contributed by atoms with Gasteiger partial charge in [0.1, 0.15) is 6.54 Å². The Labute approximate surface area is 103 Å². The highest BCUT2D eigenvalue weighted by Crippen LogP contribution is 2.16. The molecule has 5 heteroatoms. The van der Waals surface area contributed by atoms with E-state index >= 15 is 0 Å². The maximum absolute atomic E-state index is 12.2. The summed E-state index contributed by atoms with van der Waals surface area (Å²) in [6, 6.07) is 0. The minimum atomic E-state index is -0.982. The number of carbonyl (C=O) groups excluding carboxylic acids is 1. The summed E-state index contributed by atoms with van der Waals surface area (Å²) in [6.07, 6.45) is 0. The normalized spacial score (nSPS) is 13.2. The van der Waals surface area contributed by atoms with E-state index in [4.69, 9.17) is 5.11 Å². The molecule has 2 N–H and O–H groups in total. The van der Waals surface area contributed by atoms with E-state index in [2.05, 4.69) is 5.32 Å². The molecule has 0 heterocycles. The molecule has 0 fully saturated rings. The van der Waals surface area contributed by atoms with Crippen LogP contribution in [0.3, 0.4) is 0 Å². The molecular weight excluding hydrogens is 220 g/mol. The Morgan fingerprint density at radius 1 is 1.35 bits per heavy atom. The number of hydrogen-bond donors (Lipinski definition) is 2. The van der Waals surface area contributed by atoms with Crippen molar-refractivity contribution in [2.75, 3.05) is 19.6 Å². The van der Waals surface area contributed by atoms with Gasteiger partial charge in [-0.15, -0.1) is 0 Å². The Bertz CT molecular complexity index is 271. The van der Waals surface area contributed by atoms with E-state index in [1.165, 1.54) is 4.90 Å². The summed E-state index contributed by atoms with van der Waals surface area (Å²) in [6.45, 7) is 10.4. The molecule has 1 amide bonds. The van der Waals surface area contributed by atoms with Crippen LogP contribution in [0.1, 0.15) is 34.6 Å². The van der Waals surface area contributed by atoms with Gasteiger partial charge in [0.2, 0.25) is 5.91 Å². The van der Waals surface area contributed by atoms with Crippen molar-refractivity contribution in [2.45, 2.75) is 40.2 Å². The smallest absolute Gasteiger partial charge is 0.323 e. The van der Waals surface area contributed by atoms with Gasteiger partial charge in [0.15, 0.2) is 0 Å². The van der Waals surface area contributed by atoms with Crippen LogP contribution in [0.4, 0.5) is 0 Å². The molecule has 0 rings (SSSR count). The van der Waals surface area contributed by atoms with Crippen molar-refractivity contribution in [1.82, 2.24) is 10.2 Å². The number of carboxylic acids is 1. The molecule has 0 spiro atoms. The fourth-order valence-corrected chi connectivity index (χ4v) is 1.50. The monoisotopic (exact) mass is 244 g/mol. The second-order valence-corrected chi connectivity index (χ2v) is 5.20. The van der Waals surface area contributed by atoms with Gasteiger partial charge in [-0.05, 0) is 27.3 Å². The maximum atomic E-state index is 12.2. The Morgan fingerprint density at radius 2 is 1.88 bits per heavy atom. The molecule has 1 atom stereocenters. The lowest BCUT2D eigenvalue weighted by molar-refractivity contribution is -0.150. The lowest BCUT2D eigenvalue weighted by atomic mass is 10.0. The molecule has 0 aromatic heterocycles. The second kappa shape index (κ2) is 6.59. The number of nitrogens with one attached hydrogen (secondary N) is 1. The standard InChI is InChI=1S/C12H24N2O3/c1-6-13-7-9(2)11(17)14(8-10(15)16)12(3,4)5/h9,13H,6-8H2,1-5H3,(H,15,16). The van der Waals surface area contributed by atoms with Crippen molar-refractivity contribution >= 4 is 11.9 Å². The fourth-order valence-electron chi connectivity index (χ4n) is 1.50. The molecule has 100 valence electrons. The SMILES string of the molecule is CCNCC(C)C(=O)N(CC(=O)O)C(C)(C)C. The first-order valence-corrected chi connectivity index (χ1v) is 5.94. The van der Waals surface area contributed by atoms with Crippen LogP contribution in [0.2, 0.25) is 0 Å². The Morgan fingerprint density at radius 3 is 2.24 bits per heavy atom. The molecule has 0 aliphatic carbocycles. The van der Waals surface area contributed by atoms with Gasteiger partial charge in [-0.3, -0.25) is 9.59 Å². The van der Waals surface area contributed by atoms with Gasteiger partial charge in [-0.1, -0.05) is 13.8 Å². The minimum absolute atomic E-state index is 0.124.